The molecule has 0 aliphatic heterocycles. The van der Waals surface area contributed by atoms with E-state index in [2.05, 4.69) is 9.47 Å². The van der Waals surface area contributed by atoms with E-state index in [9.17, 15) is 0 Å². The van der Waals surface area contributed by atoms with Gasteiger partial charge in [-0.25, -0.2) is 0 Å². The van der Waals surface area contributed by atoms with Crippen LogP contribution in [0.25, 0.3) is 0 Å². The van der Waals surface area contributed by atoms with Crippen LogP contribution < -0.4 is 0 Å². The van der Waals surface area contributed by atoms with Gasteiger partial charge in [0.2, 0.25) is 0 Å². The average Bonchev–Trinajstić information content (AvgIpc) is 1.61. The number of hydrogen-bond acceptors (Lipinski definition) is 2. The van der Waals surface area contributed by atoms with Crippen molar-refractivity contribution >= 4 is 0 Å². The summed E-state index contributed by atoms with van der Waals surface area (Å²) in [6, 6.07) is 0. The fourth-order valence-corrected chi connectivity index (χ4v) is 0.125. The third-order valence-corrected chi connectivity index (χ3v) is 0.390. The Balaban J connectivity index is 2.34. The Morgan fingerprint density at radius 3 is 2.33 bits per heavy atom. The van der Waals surface area contributed by atoms with Crippen LogP contribution in [0.15, 0.2) is 0 Å². The van der Waals surface area contributed by atoms with Crippen molar-refractivity contribution in [3.63, 3.8) is 0 Å². The molecule has 0 aliphatic carbocycles. The van der Waals surface area contributed by atoms with Gasteiger partial charge in [-0.3, -0.25) is 0 Å². The minimum absolute atomic E-state index is 0.358. The predicted octanol–water partition coefficient (Wildman–Crippen LogP) is 0.195. The molecule has 0 spiro atoms. The summed E-state index contributed by atoms with van der Waals surface area (Å²) in [4.78, 5) is 0. The van der Waals surface area contributed by atoms with Gasteiger partial charge in [0.1, 0.15) is 0 Å². The van der Waals surface area contributed by atoms with Crippen LogP contribution in [0.2, 0.25) is 0 Å². The quantitative estimate of drug-likeness (QED) is 0.457. The van der Waals surface area contributed by atoms with Crippen molar-refractivity contribution in [3.05, 3.63) is 7.11 Å². The molecule has 2 nitrogen and oxygen atoms in total. The molecule has 3 radical (unpaired) electrons. The fourth-order valence-electron chi connectivity index (χ4n) is 0.125. The fraction of sp³-hybridized carbons (Fsp3) is 0.750. The van der Waals surface area contributed by atoms with E-state index in [1.807, 2.05) is 0 Å². The molecular formula is C4H7O2. The first-order valence-electron chi connectivity index (χ1n) is 1.69. The first-order valence-corrected chi connectivity index (χ1v) is 1.69. The molecule has 0 aromatic carbocycles. The lowest BCUT2D eigenvalue weighted by Crippen LogP contribution is -1.95. The molecule has 0 saturated carbocycles. The number of hydrogen-bond donors (Lipinski definition) is 0. The summed E-state index contributed by atoms with van der Waals surface area (Å²) < 4.78 is 8.44. The highest BCUT2D eigenvalue weighted by Gasteiger charge is 1.74. The molecule has 0 N–H and O–H groups in total. The van der Waals surface area contributed by atoms with Crippen LogP contribution in [0, 0.1) is 7.11 Å². The van der Waals surface area contributed by atoms with Gasteiger partial charge < -0.3 is 9.47 Å². The van der Waals surface area contributed by atoms with Gasteiger partial charge in [-0.1, -0.05) is 0 Å². The minimum atomic E-state index is 0.358. The molecule has 0 aromatic heterocycles. The Morgan fingerprint density at radius 1 is 1.50 bits per heavy atom. The highest BCUT2D eigenvalue weighted by molar-refractivity contribution is 4.20. The van der Waals surface area contributed by atoms with Gasteiger partial charge >= 0.3 is 0 Å². The van der Waals surface area contributed by atoms with Crippen LogP contribution in [0.4, 0.5) is 0 Å². The number of ether oxygens (including phenoxy) is 2. The van der Waals surface area contributed by atoms with E-state index in [1.165, 1.54) is 0 Å². The third kappa shape index (κ3) is 3.92. The molecule has 35 valence electrons. The normalized spacial score (nSPS) is 9.00. The summed E-state index contributed by atoms with van der Waals surface area (Å²) in [5.74, 6) is 0. The van der Waals surface area contributed by atoms with Crippen LogP contribution in [0.1, 0.15) is 0 Å². The molecule has 0 aliphatic rings. The monoisotopic (exact) mass is 87.0 g/mol. The summed E-state index contributed by atoms with van der Waals surface area (Å²) in [5.41, 5.74) is 0. The SMILES string of the molecule is [C]OCCOC. The van der Waals surface area contributed by atoms with Gasteiger partial charge in [-0.05, 0) is 0 Å². The molecule has 0 unspecified atom stereocenters. The average molecular weight is 87.1 g/mol. The maximum Gasteiger partial charge on any atom is 0.173 e. The van der Waals surface area contributed by atoms with Crippen molar-refractivity contribution in [1.82, 2.24) is 0 Å². The zero-order valence-corrected chi connectivity index (χ0v) is 3.73. The lowest BCUT2D eigenvalue weighted by Gasteiger charge is -1.90. The Hall–Kier alpha value is -0.0800. The smallest absolute Gasteiger partial charge is 0.173 e. The molecule has 0 saturated heterocycles. The molecule has 2 heteroatoms. The van der Waals surface area contributed by atoms with E-state index >= 15 is 0 Å². The number of methoxy groups -OCH3 is 1. The Morgan fingerprint density at radius 2 is 2.17 bits per heavy atom. The van der Waals surface area contributed by atoms with E-state index in [4.69, 9.17) is 7.11 Å². The third-order valence-electron chi connectivity index (χ3n) is 0.390. The van der Waals surface area contributed by atoms with Crippen LogP contribution >= 0.6 is 0 Å². The van der Waals surface area contributed by atoms with E-state index in [-0.39, 0.29) is 0 Å². The molecule has 0 aromatic rings. The van der Waals surface area contributed by atoms with Crippen molar-refractivity contribution in [2.45, 2.75) is 0 Å². The minimum Gasteiger partial charge on any atom is -0.382 e. The second kappa shape index (κ2) is 4.92. The Labute approximate surface area is 38.1 Å². The van der Waals surface area contributed by atoms with Crippen molar-refractivity contribution < 1.29 is 9.47 Å². The molecule has 0 amide bonds. The van der Waals surface area contributed by atoms with Gasteiger partial charge in [0.25, 0.3) is 0 Å². The van der Waals surface area contributed by atoms with Crippen molar-refractivity contribution in [2.75, 3.05) is 20.3 Å². The predicted molar refractivity (Wildman–Crippen MR) is 21.1 cm³/mol. The summed E-state index contributed by atoms with van der Waals surface area (Å²) in [5, 5.41) is 0. The Bertz CT molecular complexity index is 17.5. The highest BCUT2D eigenvalue weighted by atomic mass is 16.5. The zero-order valence-electron chi connectivity index (χ0n) is 3.73. The Kier molecular flexibility index (Phi) is 4.85. The van der Waals surface area contributed by atoms with Gasteiger partial charge in [-0.15, -0.1) is 0 Å². The van der Waals surface area contributed by atoms with E-state index in [0.29, 0.717) is 13.2 Å². The number of rotatable bonds is 3. The molecule has 6 heavy (non-hydrogen) atoms. The topological polar surface area (TPSA) is 18.5 Å². The first-order chi connectivity index (χ1) is 2.91. The van der Waals surface area contributed by atoms with Gasteiger partial charge in [0.05, 0.1) is 13.2 Å². The van der Waals surface area contributed by atoms with E-state index in [1.54, 1.807) is 7.11 Å². The molecule has 0 heterocycles. The van der Waals surface area contributed by atoms with Crippen LogP contribution in [-0.2, 0) is 9.47 Å². The van der Waals surface area contributed by atoms with Gasteiger partial charge in [0, 0.05) is 7.11 Å². The first kappa shape index (κ1) is 5.92. The van der Waals surface area contributed by atoms with Gasteiger partial charge in [0.15, 0.2) is 7.11 Å². The largest absolute Gasteiger partial charge is 0.382 e. The molecular weight excluding hydrogens is 80.0 g/mol. The van der Waals surface area contributed by atoms with Crippen LogP contribution in [0.5, 0.6) is 0 Å². The van der Waals surface area contributed by atoms with E-state index < -0.39 is 0 Å². The molecule has 0 fully saturated rings. The van der Waals surface area contributed by atoms with Crippen molar-refractivity contribution in [2.24, 2.45) is 0 Å². The summed E-state index contributed by atoms with van der Waals surface area (Å²) >= 11 is 0. The van der Waals surface area contributed by atoms with Crippen molar-refractivity contribution in [1.29, 1.82) is 0 Å². The standard InChI is InChI=1S/C4H7O2/c1-5-3-4-6-2/h3-4H2,1H3. The summed E-state index contributed by atoms with van der Waals surface area (Å²) in [7, 11) is 7.69. The molecule has 0 rings (SSSR count). The maximum absolute atomic E-state index is 6.13. The zero-order chi connectivity index (χ0) is 4.83. The van der Waals surface area contributed by atoms with Crippen molar-refractivity contribution in [3.8, 4) is 0 Å². The lowest BCUT2D eigenvalue weighted by molar-refractivity contribution is 0.121. The van der Waals surface area contributed by atoms with Crippen LogP contribution in [-0.4, -0.2) is 20.3 Å². The second-order valence-electron chi connectivity index (χ2n) is 0.841. The van der Waals surface area contributed by atoms with E-state index in [0.717, 1.165) is 0 Å². The molecule has 0 atom stereocenters. The summed E-state index contributed by atoms with van der Waals surface area (Å²) in [6.45, 7) is 0.861. The lowest BCUT2D eigenvalue weighted by atomic mass is 10.8. The second-order valence-corrected chi connectivity index (χ2v) is 0.841. The highest BCUT2D eigenvalue weighted by Crippen LogP contribution is 1.67. The summed E-state index contributed by atoms with van der Waals surface area (Å²) in [6.07, 6.45) is 0. The molecule has 0 bridgehead atoms. The van der Waals surface area contributed by atoms with Crippen LogP contribution in [0.3, 0.4) is 0 Å². The van der Waals surface area contributed by atoms with Gasteiger partial charge in [-0.2, -0.15) is 0 Å². The maximum atomic E-state index is 6.13.